The molecule has 3 nitrogen and oxygen atoms in total. The fraction of sp³-hybridized carbons (Fsp3) is 0. The first-order valence-corrected chi connectivity index (χ1v) is 2.15. The summed E-state index contributed by atoms with van der Waals surface area (Å²) < 4.78 is 0. The van der Waals surface area contributed by atoms with Crippen molar-refractivity contribution in [3.05, 3.63) is 0 Å². The van der Waals surface area contributed by atoms with Gasteiger partial charge in [0.1, 0.15) is 6.11 Å². The predicted octanol–water partition coefficient (Wildman–Crippen LogP) is -0.589. The summed E-state index contributed by atoms with van der Waals surface area (Å²) in [5.74, 6) is 8.65. The number of rotatable bonds is 0. The van der Waals surface area contributed by atoms with Crippen molar-refractivity contribution in [2.24, 2.45) is 0 Å². The van der Waals surface area contributed by atoms with Crippen molar-refractivity contribution < 1.29 is 15.0 Å². The van der Waals surface area contributed by atoms with Gasteiger partial charge in [0.25, 0.3) is 0 Å². The molecule has 0 spiro atoms. The SMILES string of the molecule is O=C(O)C#CC#CC#CO. The van der Waals surface area contributed by atoms with E-state index >= 15 is 0 Å². The number of carboxylic acids is 1. The quantitative estimate of drug-likeness (QED) is 0.435. The highest BCUT2D eigenvalue weighted by atomic mass is 16.4. The van der Waals surface area contributed by atoms with Gasteiger partial charge in [-0.2, -0.15) is 0 Å². The summed E-state index contributed by atoms with van der Waals surface area (Å²) in [6.45, 7) is 0. The molecule has 0 saturated carbocycles. The Kier molecular flexibility index (Phi) is 4.05. The van der Waals surface area contributed by atoms with E-state index in [0.29, 0.717) is 0 Å². The topological polar surface area (TPSA) is 57.5 Å². The van der Waals surface area contributed by atoms with E-state index in [4.69, 9.17) is 10.2 Å². The largest absolute Gasteiger partial charge is 0.472 e. The van der Waals surface area contributed by atoms with Gasteiger partial charge in [0.15, 0.2) is 0 Å². The number of aliphatic hydroxyl groups excluding tert-OH is 1. The van der Waals surface area contributed by atoms with Crippen LogP contribution in [0.5, 0.6) is 0 Å². The van der Waals surface area contributed by atoms with Crippen molar-refractivity contribution in [2.45, 2.75) is 0 Å². The minimum atomic E-state index is -1.24. The predicted molar refractivity (Wildman–Crippen MR) is 32.9 cm³/mol. The molecule has 0 fully saturated rings. The van der Waals surface area contributed by atoms with Gasteiger partial charge >= 0.3 is 5.97 Å². The number of aliphatic carboxylic acids is 1. The highest BCUT2D eigenvalue weighted by Crippen LogP contribution is 1.55. The third-order valence-corrected chi connectivity index (χ3v) is 0.413. The molecule has 0 aromatic carbocycles. The van der Waals surface area contributed by atoms with Gasteiger partial charge in [0, 0.05) is 17.8 Å². The second kappa shape index (κ2) is 5.09. The van der Waals surface area contributed by atoms with Crippen LogP contribution in [0, 0.1) is 35.7 Å². The van der Waals surface area contributed by atoms with Crippen LogP contribution in [0.1, 0.15) is 0 Å². The summed E-state index contributed by atoms with van der Waals surface area (Å²) in [6.07, 6.45) is 1.52. The van der Waals surface area contributed by atoms with E-state index in [1.165, 1.54) is 6.11 Å². The summed E-state index contributed by atoms with van der Waals surface area (Å²) >= 11 is 0. The summed E-state index contributed by atoms with van der Waals surface area (Å²) in [7, 11) is 0. The molecule has 48 valence electrons. The van der Waals surface area contributed by atoms with E-state index in [0.717, 1.165) is 0 Å². The van der Waals surface area contributed by atoms with E-state index in [1.807, 2.05) is 11.8 Å². The van der Waals surface area contributed by atoms with Crippen LogP contribution in [-0.2, 0) is 4.79 Å². The van der Waals surface area contributed by atoms with Crippen LogP contribution >= 0.6 is 0 Å². The zero-order valence-electron chi connectivity index (χ0n) is 4.80. The second-order valence-corrected chi connectivity index (χ2v) is 1.04. The van der Waals surface area contributed by atoms with Crippen molar-refractivity contribution in [2.75, 3.05) is 0 Å². The fourth-order valence-electron chi connectivity index (χ4n) is 0.175. The van der Waals surface area contributed by atoms with Crippen LogP contribution in [0.4, 0.5) is 0 Å². The first kappa shape index (κ1) is 7.95. The highest BCUT2D eigenvalue weighted by molar-refractivity contribution is 5.87. The molecule has 0 unspecified atom stereocenters. The van der Waals surface area contributed by atoms with Crippen molar-refractivity contribution >= 4 is 5.97 Å². The molecule has 0 amide bonds. The van der Waals surface area contributed by atoms with Gasteiger partial charge in [0.05, 0.1) is 0 Å². The molecule has 10 heavy (non-hydrogen) atoms. The minimum absolute atomic E-state index is 1.24. The van der Waals surface area contributed by atoms with Crippen molar-refractivity contribution in [3.63, 3.8) is 0 Å². The zero-order valence-corrected chi connectivity index (χ0v) is 4.80. The lowest BCUT2D eigenvalue weighted by Gasteiger charge is -1.63. The second-order valence-electron chi connectivity index (χ2n) is 1.04. The Balaban J connectivity index is 3.98. The Morgan fingerprint density at radius 2 is 1.70 bits per heavy atom. The van der Waals surface area contributed by atoms with Crippen molar-refractivity contribution in [3.8, 4) is 35.7 Å². The number of carboxylic acid groups (broad SMARTS) is 1. The minimum Gasteiger partial charge on any atom is -0.472 e. The molecule has 2 N–H and O–H groups in total. The van der Waals surface area contributed by atoms with Crippen LogP contribution in [-0.4, -0.2) is 16.2 Å². The zero-order chi connectivity index (χ0) is 7.82. The number of carbonyl (C=O) groups is 1. The van der Waals surface area contributed by atoms with Crippen LogP contribution in [0.3, 0.4) is 0 Å². The normalized spacial score (nSPS) is 4.80. The van der Waals surface area contributed by atoms with Crippen molar-refractivity contribution in [1.29, 1.82) is 0 Å². The summed E-state index contributed by atoms with van der Waals surface area (Å²) in [4.78, 5) is 9.71. The Morgan fingerprint density at radius 1 is 1.10 bits per heavy atom. The maximum absolute atomic E-state index is 9.71. The molecule has 0 bridgehead atoms. The average molecular weight is 134 g/mol. The molecular weight excluding hydrogens is 132 g/mol. The molecule has 0 heterocycles. The molecule has 0 rings (SSSR count). The van der Waals surface area contributed by atoms with Gasteiger partial charge < -0.3 is 10.2 Å². The molecule has 0 aliphatic carbocycles. The number of aliphatic hydroxyl groups is 1. The fourth-order valence-corrected chi connectivity index (χ4v) is 0.175. The Hall–Kier alpha value is -2.05. The van der Waals surface area contributed by atoms with Gasteiger partial charge in [-0.25, -0.2) is 4.79 Å². The van der Waals surface area contributed by atoms with Crippen LogP contribution in [0.2, 0.25) is 0 Å². The standard InChI is InChI=1S/C7H2O3/c8-6-4-2-1-3-5-7(9)10/h8H,(H,9,10). The van der Waals surface area contributed by atoms with E-state index in [1.54, 1.807) is 5.92 Å². The van der Waals surface area contributed by atoms with Gasteiger partial charge in [-0.1, -0.05) is 0 Å². The molecular formula is C7H2O3. The molecule has 0 radical (unpaired) electrons. The molecule has 0 atom stereocenters. The molecule has 0 aromatic rings. The molecule has 0 saturated heterocycles. The first-order chi connectivity index (χ1) is 4.77. The van der Waals surface area contributed by atoms with E-state index in [2.05, 4.69) is 11.8 Å². The maximum atomic E-state index is 9.71. The number of hydrogen-bond acceptors (Lipinski definition) is 2. The number of hydrogen-bond donors (Lipinski definition) is 2. The third-order valence-electron chi connectivity index (χ3n) is 0.413. The monoisotopic (exact) mass is 134 g/mol. The molecule has 0 aliphatic heterocycles. The third kappa shape index (κ3) is 5.95. The highest BCUT2D eigenvalue weighted by Gasteiger charge is 1.78. The first-order valence-electron chi connectivity index (χ1n) is 2.15. The Bertz CT molecular complexity index is 295. The van der Waals surface area contributed by atoms with E-state index in [-0.39, 0.29) is 0 Å². The molecule has 3 heteroatoms. The smallest absolute Gasteiger partial charge is 0.382 e. The Labute approximate surface area is 57.7 Å². The van der Waals surface area contributed by atoms with Crippen LogP contribution in [0.25, 0.3) is 0 Å². The van der Waals surface area contributed by atoms with Gasteiger partial charge in [-0.3, -0.25) is 0 Å². The van der Waals surface area contributed by atoms with Crippen LogP contribution in [0.15, 0.2) is 0 Å². The van der Waals surface area contributed by atoms with Crippen molar-refractivity contribution in [1.82, 2.24) is 0 Å². The van der Waals surface area contributed by atoms with Crippen LogP contribution < -0.4 is 0 Å². The van der Waals surface area contributed by atoms with Gasteiger partial charge in [-0.15, -0.1) is 0 Å². The van der Waals surface area contributed by atoms with E-state index < -0.39 is 5.97 Å². The average Bonchev–Trinajstić information content (AvgIpc) is 1.87. The lowest BCUT2D eigenvalue weighted by atomic mass is 10.5. The Morgan fingerprint density at radius 3 is 2.20 bits per heavy atom. The molecule has 0 aliphatic rings. The van der Waals surface area contributed by atoms with E-state index in [9.17, 15) is 4.79 Å². The van der Waals surface area contributed by atoms with Gasteiger partial charge in [-0.05, 0) is 11.8 Å². The maximum Gasteiger partial charge on any atom is 0.382 e. The molecule has 0 aromatic heterocycles. The lowest BCUT2D eigenvalue weighted by molar-refractivity contribution is -0.130. The van der Waals surface area contributed by atoms with Gasteiger partial charge in [0.2, 0.25) is 0 Å². The summed E-state index contributed by atoms with van der Waals surface area (Å²) in [5.41, 5.74) is 0. The lowest BCUT2D eigenvalue weighted by Crippen LogP contribution is -1.85. The summed E-state index contributed by atoms with van der Waals surface area (Å²) in [6, 6.07) is 0. The summed E-state index contributed by atoms with van der Waals surface area (Å²) in [5, 5.41) is 15.8.